The smallest absolute Gasteiger partial charge is 0.126 e. The molecule has 25 heavy (non-hydrogen) atoms. The highest BCUT2D eigenvalue weighted by Gasteiger charge is 2.12. The van der Waals surface area contributed by atoms with Crippen molar-refractivity contribution in [2.75, 3.05) is 6.61 Å². The van der Waals surface area contributed by atoms with Crippen molar-refractivity contribution in [3.05, 3.63) is 64.3 Å². The quantitative estimate of drug-likeness (QED) is 0.734. The van der Waals surface area contributed by atoms with Crippen LogP contribution in [0.3, 0.4) is 0 Å². The molecule has 1 aliphatic heterocycles. The van der Waals surface area contributed by atoms with Crippen LogP contribution in [-0.4, -0.2) is 12.6 Å². The summed E-state index contributed by atoms with van der Waals surface area (Å²) in [6.07, 6.45) is 4.07. The molecule has 0 saturated carbocycles. The predicted molar refractivity (Wildman–Crippen MR) is 107 cm³/mol. The average Bonchev–Trinajstić information content (AvgIpc) is 2.59. The number of benzene rings is 2. The molecule has 0 radical (unpaired) electrons. The van der Waals surface area contributed by atoms with Gasteiger partial charge in [-0.1, -0.05) is 29.8 Å². The van der Waals surface area contributed by atoms with Crippen molar-refractivity contribution in [1.82, 2.24) is 10.0 Å². The molecule has 1 aliphatic rings. The Morgan fingerprint density at radius 3 is 2.72 bits per heavy atom. The number of hydrogen-bond acceptors (Lipinski definition) is 4. The number of aryl methyl sites for hydroxylation is 3. The average molecular weight is 355 g/mol. The minimum Gasteiger partial charge on any atom is -0.491 e. The van der Waals surface area contributed by atoms with E-state index < -0.39 is 0 Å². The molecular formula is C21H26N2OS. The van der Waals surface area contributed by atoms with Gasteiger partial charge >= 0.3 is 0 Å². The van der Waals surface area contributed by atoms with Gasteiger partial charge in [0.2, 0.25) is 0 Å². The fourth-order valence-corrected chi connectivity index (χ4v) is 3.93. The van der Waals surface area contributed by atoms with E-state index in [1.54, 1.807) is 11.9 Å². The van der Waals surface area contributed by atoms with E-state index >= 15 is 0 Å². The fourth-order valence-electron chi connectivity index (χ4n) is 3.11. The Hall–Kier alpha value is -1.91. The maximum atomic E-state index is 6.08. The van der Waals surface area contributed by atoms with Crippen LogP contribution in [-0.2, 0) is 6.54 Å². The molecule has 0 saturated heterocycles. The van der Waals surface area contributed by atoms with Gasteiger partial charge in [0.05, 0.1) is 0 Å². The highest BCUT2D eigenvalue weighted by Crippen LogP contribution is 2.27. The van der Waals surface area contributed by atoms with Crippen LogP contribution in [0.1, 0.15) is 34.7 Å². The lowest BCUT2D eigenvalue weighted by molar-refractivity contribution is 0.289. The van der Waals surface area contributed by atoms with Crippen LogP contribution in [0.5, 0.6) is 5.75 Å². The van der Waals surface area contributed by atoms with Crippen LogP contribution in [0.25, 0.3) is 6.08 Å². The first kappa shape index (κ1) is 17.9. The van der Waals surface area contributed by atoms with E-state index in [1.165, 1.54) is 32.7 Å². The topological polar surface area (TPSA) is 33.3 Å². The number of hydrogen-bond donors (Lipinski definition) is 2. The van der Waals surface area contributed by atoms with Gasteiger partial charge in [-0.25, -0.2) is 0 Å². The Bertz CT molecular complexity index is 762. The van der Waals surface area contributed by atoms with Crippen molar-refractivity contribution in [2.45, 2.75) is 45.2 Å². The van der Waals surface area contributed by atoms with Gasteiger partial charge in [0.1, 0.15) is 12.4 Å². The second kappa shape index (κ2) is 7.98. The zero-order valence-electron chi connectivity index (χ0n) is 15.3. The predicted octanol–water partition coefficient (Wildman–Crippen LogP) is 4.75. The van der Waals surface area contributed by atoms with E-state index in [4.69, 9.17) is 4.74 Å². The van der Waals surface area contributed by atoms with Crippen molar-refractivity contribution >= 4 is 18.0 Å². The Morgan fingerprint density at radius 1 is 1.20 bits per heavy atom. The van der Waals surface area contributed by atoms with Crippen molar-refractivity contribution in [3.63, 3.8) is 0 Å². The number of fused-ring (bicyclic) bond motifs is 1. The molecule has 0 aliphatic carbocycles. The summed E-state index contributed by atoms with van der Waals surface area (Å²) in [6.45, 7) is 10.1. The minimum atomic E-state index is 0.242. The molecule has 0 bridgehead atoms. The van der Waals surface area contributed by atoms with Crippen molar-refractivity contribution in [1.29, 1.82) is 0 Å². The molecule has 0 amide bonds. The molecule has 2 aromatic rings. The van der Waals surface area contributed by atoms with Crippen LogP contribution < -0.4 is 14.8 Å². The van der Waals surface area contributed by atoms with Crippen LogP contribution >= 0.6 is 11.9 Å². The van der Waals surface area contributed by atoms with E-state index in [2.05, 4.69) is 68.1 Å². The van der Waals surface area contributed by atoms with E-state index in [0.717, 1.165) is 12.3 Å². The zero-order chi connectivity index (χ0) is 17.8. The normalized spacial score (nSPS) is 13.9. The van der Waals surface area contributed by atoms with Gasteiger partial charge in [-0.3, -0.25) is 4.72 Å². The van der Waals surface area contributed by atoms with E-state index in [-0.39, 0.29) is 6.04 Å². The summed E-state index contributed by atoms with van der Waals surface area (Å²) in [6, 6.07) is 10.9. The third-order valence-electron chi connectivity index (χ3n) is 4.27. The van der Waals surface area contributed by atoms with Gasteiger partial charge in [-0.2, -0.15) is 0 Å². The molecule has 1 heterocycles. The summed E-state index contributed by atoms with van der Waals surface area (Å²) < 4.78 is 9.59. The summed E-state index contributed by atoms with van der Waals surface area (Å²) in [5.41, 5.74) is 6.41. The number of ether oxygens (including phenoxy) is 1. The standard InChI is InChI=1S/C21H26N2OS/c1-14-10-15(2)21(16(3)11-14)25-23-17(4)13-24-20-7-5-6-18-12-22-9-8-19(18)20/h5-11,17,22-23H,12-13H2,1-4H3. The van der Waals surface area contributed by atoms with Crippen LogP contribution in [0.4, 0.5) is 0 Å². The second-order valence-electron chi connectivity index (χ2n) is 6.70. The van der Waals surface area contributed by atoms with Gasteiger partial charge in [-0.15, -0.1) is 0 Å². The monoisotopic (exact) mass is 354 g/mol. The number of nitrogens with one attached hydrogen (secondary N) is 2. The molecule has 2 N–H and O–H groups in total. The van der Waals surface area contributed by atoms with Crippen LogP contribution in [0, 0.1) is 20.8 Å². The molecule has 3 nitrogen and oxygen atoms in total. The molecule has 2 aromatic carbocycles. The lowest BCUT2D eigenvalue weighted by Crippen LogP contribution is -2.27. The molecule has 132 valence electrons. The van der Waals surface area contributed by atoms with Gasteiger partial charge in [0, 0.05) is 23.0 Å². The summed E-state index contributed by atoms with van der Waals surface area (Å²) in [4.78, 5) is 1.31. The molecule has 0 spiro atoms. The first-order valence-electron chi connectivity index (χ1n) is 8.69. The second-order valence-corrected chi connectivity index (χ2v) is 7.55. The summed E-state index contributed by atoms with van der Waals surface area (Å²) >= 11 is 1.70. The first-order valence-corrected chi connectivity index (χ1v) is 9.51. The zero-order valence-corrected chi connectivity index (χ0v) is 16.2. The van der Waals surface area contributed by atoms with E-state index in [0.29, 0.717) is 6.61 Å². The van der Waals surface area contributed by atoms with Gasteiger partial charge in [-0.05, 0) is 74.7 Å². The van der Waals surface area contributed by atoms with Crippen molar-refractivity contribution < 1.29 is 4.74 Å². The van der Waals surface area contributed by atoms with Gasteiger partial charge in [0.15, 0.2) is 0 Å². The molecule has 3 rings (SSSR count). The Kier molecular flexibility index (Phi) is 5.71. The summed E-state index contributed by atoms with van der Waals surface area (Å²) in [5.74, 6) is 0.955. The van der Waals surface area contributed by atoms with Crippen LogP contribution in [0.2, 0.25) is 0 Å². The van der Waals surface area contributed by atoms with Gasteiger partial charge < -0.3 is 10.1 Å². The lowest BCUT2D eigenvalue weighted by Gasteiger charge is -2.19. The first-order chi connectivity index (χ1) is 12.0. The minimum absolute atomic E-state index is 0.242. The molecule has 0 fully saturated rings. The summed E-state index contributed by atoms with van der Waals surface area (Å²) in [5, 5.41) is 3.23. The molecule has 1 unspecified atom stereocenters. The maximum absolute atomic E-state index is 6.08. The highest BCUT2D eigenvalue weighted by atomic mass is 32.2. The SMILES string of the molecule is Cc1cc(C)c(SNC(C)COc2cccc3c2C=CNC3)c(C)c1. The maximum Gasteiger partial charge on any atom is 0.126 e. The third kappa shape index (κ3) is 4.39. The lowest BCUT2D eigenvalue weighted by atomic mass is 10.0. The molecule has 4 heteroatoms. The Labute approximate surface area is 155 Å². The highest BCUT2D eigenvalue weighted by molar-refractivity contribution is 7.97. The molecular weight excluding hydrogens is 328 g/mol. The molecule has 0 aromatic heterocycles. The Morgan fingerprint density at radius 2 is 1.96 bits per heavy atom. The summed E-state index contributed by atoms with van der Waals surface area (Å²) in [7, 11) is 0. The third-order valence-corrected chi connectivity index (χ3v) is 5.64. The van der Waals surface area contributed by atoms with Gasteiger partial charge in [0.25, 0.3) is 0 Å². The van der Waals surface area contributed by atoms with Crippen LogP contribution in [0.15, 0.2) is 41.4 Å². The number of rotatable bonds is 6. The van der Waals surface area contributed by atoms with E-state index in [1.807, 2.05) is 12.3 Å². The Balaban J connectivity index is 1.58. The fraction of sp³-hybridized carbons (Fsp3) is 0.333. The molecule has 1 atom stereocenters. The van der Waals surface area contributed by atoms with E-state index in [9.17, 15) is 0 Å². The van der Waals surface area contributed by atoms with Crippen molar-refractivity contribution in [2.24, 2.45) is 0 Å². The largest absolute Gasteiger partial charge is 0.491 e. The van der Waals surface area contributed by atoms with Crippen molar-refractivity contribution in [3.8, 4) is 5.75 Å².